The smallest absolute Gasteiger partial charge is 0.291 e. The summed E-state index contributed by atoms with van der Waals surface area (Å²) in [5.41, 5.74) is 1.62. The number of hydrogen-bond acceptors (Lipinski definition) is 4. The molecule has 0 spiro atoms. The molecular formula is C17H10ClFN4O2. The van der Waals surface area contributed by atoms with E-state index in [-0.39, 0.29) is 17.1 Å². The number of carbonyl (C=O) groups excluding carboxylic acids is 1. The number of nitrogens with one attached hydrogen (secondary N) is 2. The first-order valence-corrected chi connectivity index (χ1v) is 7.65. The fraction of sp³-hybridized carbons (Fsp3) is 0. The first kappa shape index (κ1) is 15.3. The van der Waals surface area contributed by atoms with Gasteiger partial charge in [0.2, 0.25) is 0 Å². The Morgan fingerprint density at radius 1 is 1.20 bits per heavy atom. The lowest BCUT2D eigenvalue weighted by molar-refractivity contribution is 0.0996. The number of pyridine rings is 1. The quantitative estimate of drug-likeness (QED) is 0.537. The van der Waals surface area contributed by atoms with Crippen LogP contribution in [-0.2, 0) is 0 Å². The van der Waals surface area contributed by atoms with Gasteiger partial charge in [-0.2, -0.15) is 0 Å². The lowest BCUT2D eigenvalue weighted by Crippen LogP contribution is -2.11. The Labute approximate surface area is 145 Å². The van der Waals surface area contributed by atoms with Gasteiger partial charge in [-0.3, -0.25) is 4.79 Å². The third-order valence-corrected chi connectivity index (χ3v) is 3.74. The Bertz CT molecular complexity index is 1080. The average Bonchev–Trinajstić information content (AvgIpc) is 3.25. The van der Waals surface area contributed by atoms with Crippen LogP contribution in [0.5, 0.6) is 0 Å². The summed E-state index contributed by atoms with van der Waals surface area (Å²) in [5.74, 6) is -0.466. The monoisotopic (exact) mass is 356 g/mol. The van der Waals surface area contributed by atoms with Crippen molar-refractivity contribution in [3.05, 3.63) is 65.5 Å². The van der Waals surface area contributed by atoms with Crippen molar-refractivity contribution >= 4 is 34.4 Å². The number of anilines is 1. The number of aromatic nitrogens is 3. The zero-order valence-electron chi connectivity index (χ0n) is 12.6. The maximum absolute atomic E-state index is 14.2. The van der Waals surface area contributed by atoms with Crippen molar-refractivity contribution in [2.75, 3.05) is 5.32 Å². The van der Waals surface area contributed by atoms with Crippen LogP contribution in [0.15, 0.2) is 53.1 Å². The van der Waals surface area contributed by atoms with Crippen LogP contribution in [0.25, 0.3) is 22.6 Å². The lowest BCUT2D eigenvalue weighted by atomic mass is 10.1. The van der Waals surface area contributed by atoms with E-state index in [1.165, 1.54) is 30.5 Å². The molecule has 0 aliphatic rings. The molecule has 25 heavy (non-hydrogen) atoms. The molecule has 4 rings (SSSR count). The number of imidazole rings is 1. The van der Waals surface area contributed by atoms with Crippen molar-refractivity contribution in [2.24, 2.45) is 0 Å². The van der Waals surface area contributed by atoms with Crippen LogP contribution >= 0.6 is 11.6 Å². The van der Waals surface area contributed by atoms with Gasteiger partial charge in [0.25, 0.3) is 5.91 Å². The average molecular weight is 357 g/mol. The van der Waals surface area contributed by atoms with E-state index >= 15 is 0 Å². The van der Waals surface area contributed by atoms with Crippen molar-refractivity contribution < 1.29 is 13.6 Å². The van der Waals surface area contributed by atoms with E-state index in [1.807, 2.05) is 0 Å². The van der Waals surface area contributed by atoms with Gasteiger partial charge >= 0.3 is 0 Å². The maximum atomic E-state index is 14.2. The van der Waals surface area contributed by atoms with Crippen LogP contribution in [0.3, 0.4) is 0 Å². The molecule has 0 fully saturated rings. The number of benzene rings is 1. The standard InChI is InChI=1S/C17H10ClFN4O2/c18-14-6-5-12-16(22-14)23-15(21-12)10-8-9(3-4-11(10)19)20-17(24)13-2-1-7-25-13/h1-8H,(H,20,24)(H,21,22,23). The van der Waals surface area contributed by atoms with E-state index in [0.717, 1.165) is 0 Å². The Kier molecular flexibility index (Phi) is 3.70. The molecule has 0 saturated heterocycles. The highest BCUT2D eigenvalue weighted by molar-refractivity contribution is 6.29. The summed E-state index contributed by atoms with van der Waals surface area (Å²) in [7, 11) is 0. The van der Waals surface area contributed by atoms with Gasteiger partial charge in [0, 0.05) is 5.69 Å². The number of fused-ring (bicyclic) bond motifs is 1. The summed E-state index contributed by atoms with van der Waals surface area (Å²) >= 11 is 5.85. The summed E-state index contributed by atoms with van der Waals surface area (Å²) in [6.45, 7) is 0. The SMILES string of the molecule is O=C(Nc1ccc(F)c(-c2nc3ccc(Cl)nc3[nH]2)c1)c1ccco1. The Hall–Kier alpha value is -3.19. The molecule has 4 aromatic rings. The number of aromatic amines is 1. The number of carbonyl (C=O) groups is 1. The molecular weight excluding hydrogens is 347 g/mol. The van der Waals surface area contributed by atoms with Gasteiger partial charge in [-0.15, -0.1) is 0 Å². The highest BCUT2D eigenvalue weighted by Crippen LogP contribution is 2.26. The van der Waals surface area contributed by atoms with E-state index in [2.05, 4.69) is 20.3 Å². The number of hydrogen-bond donors (Lipinski definition) is 2. The molecule has 0 atom stereocenters. The number of halogens is 2. The molecule has 3 aromatic heterocycles. The van der Waals surface area contributed by atoms with Crippen molar-refractivity contribution in [1.82, 2.24) is 15.0 Å². The molecule has 124 valence electrons. The van der Waals surface area contributed by atoms with Crippen LogP contribution in [0, 0.1) is 5.82 Å². The summed E-state index contributed by atoms with van der Waals surface area (Å²) < 4.78 is 19.3. The van der Waals surface area contributed by atoms with Crippen LogP contribution in [0.4, 0.5) is 10.1 Å². The van der Waals surface area contributed by atoms with Gasteiger partial charge in [0.05, 0.1) is 11.8 Å². The molecule has 0 bridgehead atoms. The zero-order valence-corrected chi connectivity index (χ0v) is 13.3. The molecule has 6 nitrogen and oxygen atoms in total. The van der Waals surface area contributed by atoms with Crippen LogP contribution in [0.1, 0.15) is 10.6 Å². The lowest BCUT2D eigenvalue weighted by Gasteiger charge is -2.06. The summed E-state index contributed by atoms with van der Waals surface area (Å²) in [5, 5.41) is 2.95. The van der Waals surface area contributed by atoms with E-state index in [9.17, 15) is 9.18 Å². The van der Waals surface area contributed by atoms with Gasteiger partial charge in [-0.1, -0.05) is 11.6 Å². The number of rotatable bonds is 3. The normalized spacial score (nSPS) is 11.0. The zero-order chi connectivity index (χ0) is 17.4. The predicted octanol–water partition coefficient (Wildman–Crippen LogP) is 4.26. The number of nitrogens with zero attached hydrogens (tertiary/aromatic N) is 2. The van der Waals surface area contributed by atoms with Crippen molar-refractivity contribution in [1.29, 1.82) is 0 Å². The van der Waals surface area contributed by atoms with Gasteiger partial charge < -0.3 is 14.7 Å². The molecule has 8 heteroatoms. The highest BCUT2D eigenvalue weighted by atomic mass is 35.5. The Morgan fingerprint density at radius 3 is 2.88 bits per heavy atom. The number of amides is 1. The second kappa shape index (κ2) is 6.03. The van der Waals surface area contributed by atoms with Crippen LogP contribution in [0.2, 0.25) is 5.15 Å². The Balaban J connectivity index is 1.70. The van der Waals surface area contributed by atoms with Crippen LogP contribution < -0.4 is 5.32 Å². The molecule has 0 saturated carbocycles. The maximum Gasteiger partial charge on any atom is 0.291 e. The van der Waals surface area contributed by atoms with Gasteiger partial charge in [0.1, 0.15) is 22.3 Å². The highest BCUT2D eigenvalue weighted by Gasteiger charge is 2.14. The van der Waals surface area contributed by atoms with Crippen molar-refractivity contribution in [3.63, 3.8) is 0 Å². The second-order valence-corrected chi connectivity index (χ2v) is 5.60. The first-order valence-electron chi connectivity index (χ1n) is 7.27. The van der Waals surface area contributed by atoms with Gasteiger partial charge in [0.15, 0.2) is 11.4 Å². The molecule has 0 unspecified atom stereocenters. The molecule has 1 amide bonds. The minimum absolute atomic E-state index is 0.161. The van der Waals surface area contributed by atoms with Crippen LogP contribution in [-0.4, -0.2) is 20.9 Å². The predicted molar refractivity (Wildman–Crippen MR) is 91.0 cm³/mol. The second-order valence-electron chi connectivity index (χ2n) is 5.21. The summed E-state index contributed by atoms with van der Waals surface area (Å²) in [6, 6.07) is 10.6. The molecule has 0 aliphatic heterocycles. The number of H-pyrrole nitrogens is 1. The summed E-state index contributed by atoms with van der Waals surface area (Å²) in [6.07, 6.45) is 1.40. The third-order valence-electron chi connectivity index (χ3n) is 3.53. The minimum Gasteiger partial charge on any atom is -0.459 e. The molecule has 0 radical (unpaired) electrons. The van der Waals surface area contributed by atoms with Gasteiger partial charge in [-0.05, 0) is 42.5 Å². The molecule has 3 heterocycles. The number of furan rings is 1. The molecule has 1 aromatic carbocycles. The van der Waals surface area contributed by atoms with Crippen molar-refractivity contribution in [2.45, 2.75) is 0 Å². The van der Waals surface area contributed by atoms with Gasteiger partial charge in [-0.25, -0.2) is 14.4 Å². The topological polar surface area (TPSA) is 83.8 Å². The Morgan fingerprint density at radius 2 is 2.08 bits per heavy atom. The molecule has 2 N–H and O–H groups in total. The third kappa shape index (κ3) is 2.97. The first-order chi connectivity index (χ1) is 12.1. The summed E-state index contributed by atoms with van der Waals surface area (Å²) in [4.78, 5) is 23.4. The van der Waals surface area contributed by atoms with Crippen molar-refractivity contribution in [3.8, 4) is 11.4 Å². The van der Waals surface area contributed by atoms with E-state index in [0.29, 0.717) is 22.0 Å². The minimum atomic E-state index is -0.485. The van der Waals surface area contributed by atoms with E-state index < -0.39 is 11.7 Å². The molecule has 0 aliphatic carbocycles. The van der Waals surface area contributed by atoms with E-state index in [4.69, 9.17) is 16.0 Å². The largest absolute Gasteiger partial charge is 0.459 e. The van der Waals surface area contributed by atoms with E-state index in [1.54, 1.807) is 18.2 Å². The fourth-order valence-corrected chi connectivity index (χ4v) is 2.53. The fourth-order valence-electron chi connectivity index (χ4n) is 2.38.